The lowest BCUT2D eigenvalue weighted by Crippen LogP contribution is -2.42. The maximum atomic E-state index is 12.4. The zero-order chi connectivity index (χ0) is 13.1. The number of carbonyl (C=O) groups excluding carboxylic acids is 1. The van der Waals surface area contributed by atoms with Crippen LogP contribution in [0.5, 0.6) is 0 Å². The van der Waals surface area contributed by atoms with E-state index in [0.29, 0.717) is 6.54 Å². The summed E-state index contributed by atoms with van der Waals surface area (Å²) < 4.78 is 6.33. The van der Waals surface area contributed by atoms with Gasteiger partial charge in [-0.15, -0.1) is 0 Å². The van der Waals surface area contributed by atoms with Gasteiger partial charge in [-0.3, -0.25) is 4.79 Å². The van der Waals surface area contributed by atoms with E-state index in [4.69, 9.17) is 4.74 Å². The first-order valence-electron chi connectivity index (χ1n) is 6.20. The molecule has 0 aromatic heterocycles. The van der Waals surface area contributed by atoms with Crippen LogP contribution in [-0.2, 0) is 4.74 Å². The van der Waals surface area contributed by atoms with E-state index in [1.807, 2.05) is 30.0 Å². The summed E-state index contributed by atoms with van der Waals surface area (Å²) in [6.07, 6.45) is 2.23. The summed E-state index contributed by atoms with van der Waals surface area (Å²) in [5.41, 5.74) is 1.88. The fraction of sp³-hybridized carbons (Fsp3) is 0.500. The van der Waals surface area contributed by atoms with Crippen molar-refractivity contribution in [1.29, 1.82) is 0 Å². The van der Waals surface area contributed by atoms with Gasteiger partial charge in [0.25, 0.3) is 5.91 Å². The van der Waals surface area contributed by atoms with Crippen LogP contribution in [0.4, 0.5) is 0 Å². The molecule has 0 radical (unpaired) electrons. The minimum atomic E-state index is 0.0949. The van der Waals surface area contributed by atoms with Gasteiger partial charge >= 0.3 is 0 Å². The van der Waals surface area contributed by atoms with Crippen LogP contribution in [0.2, 0.25) is 0 Å². The lowest BCUT2D eigenvalue weighted by Gasteiger charge is -2.32. The van der Waals surface area contributed by atoms with Gasteiger partial charge in [0, 0.05) is 30.2 Å². The summed E-state index contributed by atoms with van der Waals surface area (Å²) in [6, 6.07) is 5.75. The second-order valence-corrected chi connectivity index (χ2v) is 5.57. The molecule has 0 bridgehead atoms. The van der Waals surface area contributed by atoms with Gasteiger partial charge in [0.15, 0.2) is 0 Å². The third kappa shape index (κ3) is 2.93. The minimum Gasteiger partial charge on any atom is -0.380 e. The van der Waals surface area contributed by atoms with Crippen LogP contribution in [0.3, 0.4) is 0 Å². The van der Waals surface area contributed by atoms with Crippen molar-refractivity contribution in [1.82, 2.24) is 4.90 Å². The van der Waals surface area contributed by atoms with E-state index in [2.05, 4.69) is 15.9 Å². The molecular weight excluding hydrogens is 294 g/mol. The molecule has 2 rings (SSSR count). The second-order valence-electron chi connectivity index (χ2n) is 4.72. The van der Waals surface area contributed by atoms with Gasteiger partial charge < -0.3 is 9.64 Å². The first kappa shape index (κ1) is 13.6. The Kier molecular flexibility index (Phi) is 4.40. The van der Waals surface area contributed by atoms with Crippen LogP contribution in [0.1, 0.15) is 28.8 Å². The summed E-state index contributed by atoms with van der Waals surface area (Å²) >= 11 is 3.47. The Hall–Kier alpha value is -0.870. The highest BCUT2D eigenvalue weighted by molar-refractivity contribution is 9.10. The van der Waals surface area contributed by atoms with Gasteiger partial charge in [0.05, 0.1) is 6.10 Å². The smallest absolute Gasteiger partial charge is 0.253 e. The maximum absolute atomic E-state index is 12.4. The Labute approximate surface area is 116 Å². The molecule has 0 aliphatic carbocycles. The van der Waals surface area contributed by atoms with Crippen molar-refractivity contribution in [2.75, 3.05) is 20.2 Å². The highest BCUT2D eigenvalue weighted by atomic mass is 79.9. The van der Waals surface area contributed by atoms with Gasteiger partial charge in [-0.05, 0) is 37.5 Å². The first-order chi connectivity index (χ1) is 8.61. The van der Waals surface area contributed by atoms with E-state index in [1.54, 1.807) is 7.11 Å². The number of halogens is 1. The molecule has 1 atom stereocenters. The SMILES string of the molecule is COC1CCCN(C(=O)c2ccc(C)c(Br)c2)C1. The summed E-state index contributed by atoms with van der Waals surface area (Å²) in [4.78, 5) is 14.3. The quantitative estimate of drug-likeness (QED) is 0.840. The highest BCUT2D eigenvalue weighted by Gasteiger charge is 2.24. The molecular formula is C14H18BrNO2. The molecule has 0 saturated carbocycles. The molecule has 1 aromatic rings. The third-order valence-corrected chi connectivity index (χ3v) is 4.27. The minimum absolute atomic E-state index is 0.0949. The molecule has 1 saturated heterocycles. The number of benzene rings is 1. The van der Waals surface area contributed by atoms with Crippen molar-refractivity contribution in [2.45, 2.75) is 25.9 Å². The Morgan fingerprint density at radius 2 is 2.28 bits per heavy atom. The van der Waals surface area contributed by atoms with E-state index in [-0.39, 0.29) is 12.0 Å². The molecule has 4 heteroatoms. The molecule has 1 amide bonds. The molecule has 98 valence electrons. The first-order valence-corrected chi connectivity index (χ1v) is 6.99. The number of amides is 1. The molecule has 1 aliphatic heterocycles. The normalized spacial score (nSPS) is 19.9. The molecule has 18 heavy (non-hydrogen) atoms. The maximum Gasteiger partial charge on any atom is 0.253 e. The Morgan fingerprint density at radius 1 is 1.50 bits per heavy atom. The third-order valence-electron chi connectivity index (χ3n) is 3.42. The number of nitrogens with zero attached hydrogens (tertiary/aromatic N) is 1. The van der Waals surface area contributed by atoms with Crippen molar-refractivity contribution in [3.05, 3.63) is 33.8 Å². The van der Waals surface area contributed by atoms with E-state index in [9.17, 15) is 4.79 Å². The summed E-state index contributed by atoms with van der Waals surface area (Å²) in [5.74, 6) is 0.0949. The molecule has 0 spiro atoms. The molecule has 1 fully saturated rings. The van der Waals surface area contributed by atoms with Crippen LogP contribution in [0.25, 0.3) is 0 Å². The number of likely N-dealkylation sites (tertiary alicyclic amines) is 1. The Morgan fingerprint density at radius 3 is 2.94 bits per heavy atom. The van der Waals surface area contributed by atoms with Crippen molar-refractivity contribution < 1.29 is 9.53 Å². The van der Waals surface area contributed by atoms with Gasteiger partial charge in [0.2, 0.25) is 0 Å². The van der Waals surface area contributed by atoms with Crippen molar-refractivity contribution in [3.8, 4) is 0 Å². The van der Waals surface area contributed by atoms with Crippen molar-refractivity contribution >= 4 is 21.8 Å². The lowest BCUT2D eigenvalue weighted by molar-refractivity contribution is 0.0269. The molecule has 1 aliphatic rings. The standard InChI is InChI=1S/C14H18BrNO2/c1-10-5-6-11(8-13(10)15)14(17)16-7-3-4-12(9-16)18-2/h5-6,8,12H,3-4,7,9H2,1-2H3. The van der Waals surface area contributed by atoms with Gasteiger partial charge in [-0.1, -0.05) is 22.0 Å². The molecule has 1 unspecified atom stereocenters. The summed E-state index contributed by atoms with van der Waals surface area (Å²) in [5, 5.41) is 0. The van der Waals surface area contributed by atoms with E-state index >= 15 is 0 Å². The number of ether oxygens (including phenoxy) is 1. The number of carbonyl (C=O) groups is 1. The number of aryl methyl sites for hydroxylation is 1. The Balaban J connectivity index is 2.12. The van der Waals surface area contributed by atoms with Crippen molar-refractivity contribution in [3.63, 3.8) is 0 Å². The number of methoxy groups -OCH3 is 1. The van der Waals surface area contributed by atoms with Crippen LogP contribution >= 0.6 is 15.9 Å². The van der Waals surface area contributed by atoms with Crippen LogP contribution in [0, 0.1) is 6.92 Å². The fourth-order valence-corrected chi connectivity index (χ4v) is 2.60. The van der Waals surface area contributed by atoms with Crippen LogP contribution < -0.4 is 0 Å². The average molecular weight is 312 g/mol. The highest BCUT2D eigenvalue weighted by Crippen LogP contribution is 2.20. The molecule has 3 nitrogen and oxygen atoms in total. The zero-order valence-corrected chi connectivity index (χ0v) is 12.4. The number of hydrogen-bond donors (Lipinski definition) is 0. The van der Waals surface area contributed by atoms with E-state index < -0.39 is 0 Å². The van der Waals surface area contributed by atoms with E-state index in [0.717, 1.165) is 35.0 Å². The zero-order valence-electron chi connectivity index (χ0n) is 10.8. The molecule has 0 N–H and O–H groups in total. The van der Waals surface area contributed by atoms with Gasteiger partial charge in [0.1, 0.15) is 0 Å². The topological polar surface area (TPSA) is 29.5 Å². The predicted molar refractivity (Wildman–Crippen MR) is 74.8 cm³/mol. The lowest BCUT2D eigenvalue weighted by atomic mass is 10.1. The van der Waals surface area contributed by atoms with Crippen molar-refractivity contribution in [2.24, 2.45) is 0 Å². The number of piperidine rings is 1. The Bertz CT molecular complexity index is 447. The fourth-order valence-electron chi connectivity index (χ4n) is 2.22. The van der Waals surface area contributed by atoms with Gasteiger partial charge in [-0.2, -0.15) is 0 Å². The van der Waals surface area contributed by atoms with Crippen LogP contribution in [0.15, 0.2) is 22.7 Å². The number of rotatable bonds is 2. The number of hydrogen-bond acceptors (Lipinski definition) is 2. The average Bonchev–Trinajstić information content (AvgIpc) is 2.41. The van der Waals surface area contributed by atoms with E-state index in [1.165, 1.54) is 0 Å². The summed E-state index contributed by atoms with van der Waals surface area (Å²) in [6.45, 7) is 3.53. The monoisotopic (exact) mass is 311 g/mol. The summed E-state index contributed by atoms with van der Waals surface area (Å²) in [7, 11) is 1.71. The largest absolute Gasteiger partial charge is 0.380 e. The van der Waals surface area contributed by atoms with Gasteiger partial charge in [-0.25, -0.2) is 0 Å². The predicted octanol–water partition coefficient (Wildman–Crippen LogP) is 3.01. The second kappa shape index (κ2) is 5.85. The van der Waals surface area contributed by atoms with Crippen LogP contribution in [-0.4, -0.2) is 37.1 Å². The molecule has 1 heterocycles. The molecule has 1 aromatic carbocycles.